The van der Waals surface area contributed by atoms with Crippen LogP contribution in [0.5, 0.6) is 0 Å². The molecule has 84 valence electrons. The Hall–Kier alpha value is -0.650. The lowest BCUT2D eigenvalue weighted by Crippen LogP contribution is -2.28. The summed E-state index contributed by atoms with van der Waals surface area (Å²) in [6.45, 7) is 0. The highest BCUT2D eigenvalue weighted by Crippen LogP contribution is 2.36. The average molecular weight is 259 g/mol. The molecule has 0 aliphatic heterocycles. The second-order valence-electron chi connectivity index (χ2n) is 2.92. The summed E-state index contributed by atoms with van der Waals surface area (Å²) in [7, 11) is 0. The minimum Gasteiger partial charge on any atom is -0.396 e. The van der Waals surface area contributed by atoms with Crippen molar-refractivity contribution in [1.82, 2.24) is 0 Å². The average Bonchev–Trinajstić information content (AvgIpc) is 2.10. The van der Waals surface area contributed by atoms with E-state index in [1.807, 2.05) is 0 Å². The Morgan fingerprint density at radius 1 is 1.13 bits per heavy atom. The van der Waals surface area contributed by atoms with E-state index in [0.29, 0.717) is 0 Å². The number of nitrogen functional groups attached to an aromatic ring is 1. The smallest absolute Gasteiger partial charge is 0.396 e. The van der Waals surface area contributed by atoms with Crippen LogP contribution < -0.4 is 11.5 Å². The van der Waals surface area contributed by atoms with E-state index in [-0.39, 0.29) is 21.3 Å². The predicted molar refractivity (Wildman–Crippen MR) is 53.9 cm³/mol. The first-order valence-corrected chi connectivity index (χ1v) is 4.55. The first-order valence-electron chi connectivity index (χ1n) is 3.80. The van der Waals surface area contributed by atoms with E-state index in [1.165, 1.54) is 0 Å². The van der Waals surface area contributed by atoms with E-state index < -0.39 is 12.2 Å². The lowest BCUT2D eigenvalue weighted by Gasteiger charge is -2.17. The number of hydrogen-bond acceptors (Lipinski definition) is 2. The molecule has 1 atom stereocenters. The summed E-state index contributed by atoms with van der Waals surface area (Å²) in [6.07, 6.45) is -4.54. The molecule has 1 rings (SSSR count). The molecule has 7 heteroatoms. The zero-order chi connectivity index (χ0) is 11.8. The van der Waals surface area contributed by atoms with Gasteiger partial charge in [-0.05, 0) is 17.7 Å². The van der Waals surface area contributed by atoms with E-state index in [2.05, 4.69) is 0 Å². The van der Waals surface area contributed by atoms with Gasteiger partial charge in [0.25, 0.3) is 0 Å². The van der Waals surface area contributed by atoms with Gasteiger partial charge < -0.3 is 11.5 Å². The Morgan fingerprint density at radius 2 is 1.53 bits per heavy atom. The van der Waals surface area contributed by atoms with Crippen molar-refractivity contribution in [2.75, 3.05) is 5.73 Å². The molecule has 1 aromatic rings. The third-order valence-electron chi connectivity index (χ3n) is 1.81. The monoisotopic (exact) mass is 258 g/mol. The molecule has 0 saturated carbocycles. The van der Waals surface area contributed by atoms with Gasteiger partial charge in [0.05, 0.1) is 15.7 Å². The molecule has 0 aliphatic carbocycles. The largest absolute Gasteiger partial charge is 0.407 e. The lowest BCUT2D eigenvalue weighted by molar-refractivity contribution is -0.149. The minimum absolute atomic E-state index is 0.0384. The highest BCUT2D eigenvalue weighted by Gasteiger charge is 2.38. The number of nitrogens with two attached hydrogens (primary N) is 2. The maximum absolute atomic E-state index is 12.3. The van der Waals surface area contributed by atoms with Crippen LogP contribution >= 0.6 is 23.2 Å². The molecule has 0 spiro atoms. The van der Waals surface area contributed by atoms with E-state index in [0.717, 1.165) is 12.1 Å². The number of halogens is 5. The zero-order valence-electron chi connectivity index (χ0n) is 7.28. The summed E-state index contributed by atoms with van der Waals surface area (Å²) < 4.78 is 36.8. The number of benzene rings is 1. The minimum atomic E-state index is -4.54. The van der Waals surface area contributed by atoms with Gasteiger partial charge in [0.15, 0.2) is 0 Å². The van der Waals surface area contributed by atoms with Crippen molar-refractivity contribution in [2.45, 2.75) is 12.2 Å². The van der Waals surface area contributed by atoms with Crippen LogP contribution in [0, 0.1) is 0 Å². The maximum atomic E-state index is 12.3. The molecule has 0 radical (unpaired) electrons. The second kappa shape index (κ2) is 4.08. The zero-order valence-corrected chi connectivity index (χ0v) is 8.79. The first-order chi connectivity index (χ1) is 6.73. The van der Waals surface area contributed by atoms with Gasteiger partial charge in [-0.2, -0.15) is 13.2 Å². The normalized spacial score (nSPS) is 14.0. The quantitative estimate of drug-likeness (QED) is 0.761. The van der Waals surface area contributed by atoms with Crippen molar-refractivity contribution in [3.05, 3.63) is 27.7 Å². The molecule has 0 bridgehead atoms. The van der Waals surface area contributed by atoms with Gasteiger partial charge in [0.2, 0.25) is 0 Å². The van der Waals surface area contributed by atoms with Crippen LogP contribution in [0.25, 0.3) is 0 Å². The lowest BCUT2D eigenvalue weighted by atomic mass is 10.1. The van der Waals surface area contributed by atoms with E-state index in [4.69, 9.17) is 34.7 Å². The SMILES string of the molecule is Nc1c(Cl)cc([C@H](N)C(F)(F)F)cc1Cl. The van der Waals surface area contributed by atoms with Crippen molar-refractivity contribution in [2.24, 2.45) is 5.73 Å². The third kappa shape index (κ3) is 2.68. The summed E-state index contributed by atoms with van der Waals surface area (Å²) in [4.78, 5) is 0. The molecule has 0 unspecified atom stereocenters. The second-order valence-corrected chi connectivity index (χ2v) is 3.73. The molecule has 15 heavy (non-hydrogen) atoms. The van der Waals surface area contributed by atoms with Gasteiger partial charge in [0.1, 0.15) is 6.04 Å². The van der Waals surface area contributed by atoms with Crippen molar-refractivity contribution < 1.29 is 13.2 Å². The van der Waals surface area contributed by atoms with Gasteiger partial charge in [-0.3, -0.25) is 0 Å². The summed E-state index contributed by atoms with van der Waals surface area (Å²) in [6, 6.07) is -0.00455. The Morgan fingerprint density at radius 3 is 1.87 bits per heavy atom. The number of alkyl halides is 3. The molecule has 4 N–H and O–H groups in total. The van der Waals surface area contributed by atoms with Gasteiger partial charge in [0, 0.05) is 0 Å². The predicted octanol–water partition coefficient (Wildman–Crippen LogP) is 3.14. The number of anilines is 1. The van der Waals surface area contributed by atoms with Crippen LogP contribution in [0.1, 0.15) is 11.6 Å². The van der Waals surface area contributed by atoms with Gasteiger partial charge >= 0.3 is 6.18 Å². The fourth-order valence-electron chi connectivity index (χ4n) is 0.972. The van der Waals surface area contributed by atoms with Crippen LogP contribution in [0.2, 0.25) is 10.0 Å². The standard InChI is InChI=1S/C8H7Cl2F3N2/c9-4-1-3(2-5(10)6(4)14)7(15)8(11,12)13/h1-2,7H,14-15H2/t7-/m0/s1. The Balaban J connectivity index is 3.17. The van der Waals surface area contributed by atoms with Crippen LogP contribution in [-0.4, -0.2) is 6.18 Å². The van der Waals surface area contributed by atoms with Gasteiger partial charge in [-0.25, -0.2) is 0 Å². The highest BCUT2D eigenvalue weighted by molar-refractivity contribution is 6.38. The summed E-state index contributed by atoms with van der Waals surface area (Å²) >= 11 is 11.2. The van der Waals surface area contributed by atoms with E-state index in [1.54, 1.807) is 0 Å². The summed E-state index contributed by atoms with van der Waals surface area (Å²) in [5.74, 6) is 0. The van der Waals surface area contributed by atoms with Crippen molar-refractivity contribution in [3.63, 3.8) is 0 Å². The fourth-order valence-corrected chi connectivity index (χ4v) is 1.48. The molecular weight excluding hydrogens is 252 g/mol. The first kappa shape index (κ1) is 12.4. The molecular formula is C8H7Cl2F3N2. The van der Waals surface area contributed by atoms with Gasteiger partial charge in [-0.15, -0.1) is 0 Å². The molecule has 0 aliphatic rings. The Bertz CT molecular complexity index is 356. The van der Waals surface area contributed by atoms with Crippen molar-refractivity contribution >= 4 is 28.9 Å². The third-order valence-corrected chi connectivity index (χ3v) is 2.44. The van der Waals surface area contributed by atoms with Crippen LogP contribution in [-0.2, 0) is 0 Å². The Labute approximate surface area is 93.9 Å². The Kier molecular flexibility index (Phi) is 3.38. The summed E-state index contributed by atoms with van der Waals surface area (Å²) in [5.41, 5.74) is 10.2. The maximum Gasteiger partial charge on any atom is 0.407 e. The molecule has 0 amide bonds. The van der Waals surface area contributed by atoms with Crippen LogP contribution in [0.4, 0.5) is 18.9 Å². The van der Waals surface area contributed by atoms with Crippen LogP contribution in [0.3, 0.4) is 0 Å². The number of rotatable bonds is 1. The molecule has 2 nitrogen and oxygen atoms in total. The molecule has 0 saturated heterocycles. The van der Waals surface area contributed by atoms with E-state index >= 15 is 0 Å². The highest BCUT2D eigenvalue weighted by atomic mass is 35.5. The summed E-state index contributed by atoms with van der Waals surface area (Å²) in [5, 5.41) is -0.0885. The van der Waals surface area contributed by atoms with Gasteiger partial charge in [-0.1, -0.05) is 23.2 Å². The van der Waals surface area contributed by atoms with E-state index in [9.17, 15) is 13.2 Å². The molecule has 1 aromatic carbocycles. The number of hydrogen-bond donors (Lipinski definition) is 2. The topological polar surface area (TPSA) is 52.0 Å². The van der Waals surface area contributed by atoms with Crippen molar-refractivity contribution in [1.29, 1.82) is 0 Å². The molecule has 0 heterocycles. The fraction of sp³-hybridized carbons (Fsp3) is 0.250. The molecule has 0 aromatic heterocycles. The molecule has 0 fully saturated rings. The van der Waals surface area contributed by atoms with Crippen molar-refractivity contribution in [3.8, 4) is 0 Å². The van der Waals surface area contributed by atoms with Crippen LogP contribution in [0.15, 0.2) is 12.1 Å².